The van der Waals surface area contributed by atoms with Gasteiger partial charge in [0.15, 0.2) is 11.6 Å². The lowest BCUT2D eigenvalue weighted by Gasteiger charge is -2.49. The molecule has 11 heteroatoms. The van der Waals surface area contributed by atoms with Crippen molar-refractivity contribution in [2.45, 2.75) is 31.0 Å². The molecule has 0 aliphatic carbocycles. The van der Waals surface area contributed by atoms with Crippen LogP contribution in [-0.4, -0.2) is 56.9 Å². The Labute approximate surface area is 195 Å². The predicted molar refractivity (Wildman–Crippen MR) is 117 cm³/mol. The van der Waals surface area contributed by atoms with Crippen molar-refractivity contribution < 1.29 is 38.1 Å². The van der Waals surface area contributed by atoms with Gasteiger partial charge >= 0.3 is 5.97 Å². The number of aliphatic carboxylic acids is 1. The van der Waals surface area contributed by atoms with Gasteiger partial charge in [0, 0.05) is 9.99 Å². The molecular weight excluding hydrogens is 544 g/mol. The molecule has 7 nitrogen and oxygen atoms in total. The minimum absolute atomic E-state index is 0.0227. The number of carbonyl (C=O) groups excluding carboxylic acids is 1. The fourth-order valence-electron chi connectivity index (χ4n) is 3.43. The van der Waals surface area contributed by atoms with E-state index in [9.17, 15) is 33.0 Å². The van der Waals surface area contributed by atoms with Crippen LogP contribution in [0, 0.1) is 21.0 Å². The van der Waals surface area contributed by atoms with E-state index >= 15 is 0 Å². The van der Waals surface area contributed by atoms with E-state index in [1.807, 2.05) is 22.6 Å². The molecule has 0 bridgehead atoms. The third kappa shape index (κ3) is 5.15. The molecule has 0 saturated carbocycles. The number of hydrogen-bond acceptors (Lipinski definition) is 5. The zero-order chi connectivity index (χ0) is 23.6. The Bertz CT molecular complexity index is 1050. The molecule has 1 saturated heterocycles. The third-order valence-electron chi connectivity index (χ3n) is 5.22. The van der Waals surface area contributed by atoms with Crippen LogP contribution >= 0.6 is 22.6 Å². The number of hydrogen-bond donors (Lipinski definition) is 4. The van der Waals surface area contributed by atoms with Crippen LogP contribution in [0.3, 0.4) is 0 Å². The summed E-state index contributed by atoms with van der Waals surface area (Å²) < 4.78 is 43.2. The number of nitrogens with zero attached hydrogens (tertiary/aromatic N) is 1. The predicted octanol–water partition coefficient (Wildman–Crippen LogP) is 3.25. The van der Waals surface area contributed by atoms with Gasteiger partial charge in [-0.05, 0) is 65.8 Å². The maximum absolute atomic E-state index is 14.5. The standard InChI is InChI=1S/C21H20F3IN2O5/c22-13-6-5-12(19(18(13)24)26-15-7-4-11(25)8-14(15)23)20(31)27-9-21(32,10-27)16(28)2-1-3-17(29)30/h4-8,16,26,28,32H,1-3,9-10H2,(H,29,30). The SMILES string of the molecule is O=C(O)CCCC(O)C1(O)CN(C(=O)c2ccc(F)c(F)c2Nc2ccc(I)cc2F)C1. The number of benzene rings is 2. The number of aliphatic hydroxyl groups is 2. The third-order valence-corrected chi connectivity index (χ3v) is 5.89. The Morgan fingerprint density at radius 1 is 1.16 bits per heavy atom. The van der Waals surface area contributed by atoms with Crippen LogP contribution in [0.15, 0.2) is 30.3 Å². The molecule has 3 rings (SSSR count). The lowest BCUT2D eigenvalue weighted by atomic mass is 9.84. The number of carbonyl (C=O) groups is 2. The summed E-state index contributed by atoms with van der Waals surface area (Å²) in [5, 5.41) is 31.7. The lowest BCUT2D eigenvalue weighted by molar-refractivity contribution is -0.154. The van der Waals surface area contributed by atoms with Crippen molar-refractivity contribution >= 4 is 45.8 Å². The highest BCUT2D eigenvalue weighted by molar-refractivity contribution is 14.1. The average molecular weight is 564 g/mol. The largest absolute Gasteiger partial charge is 0.481 e. The summed E-state index contributed by atoms with van der Waals surface area (Å²) >= 11 is 1.89. The van der Waals surface area contributed by atoms with Crippen LogP contribution in [-0.2, 0) is 4.79 Å². The topological polar surface area (TPSA) is 110 Å². The molecule has 0 aromatic heterocycles. The average Bonchev–Trinajstić information content (AvgIpc) is 2.70. The molecule has 1 heterocycles. The zero-order valence-electron chi connectivity index (χ0n) is 16.6. The number of aliphatic hydroxyl groups excluding tert-OH is 1. The van der Waals surface area contributed by atoms with E-state index in [4.69, 9.17) is 5.11 Å². The molecule has 1 fully saturated rings. The van der Waals surface area contributed by atoms with E-state index in [1.54, 1.807) is 6.07 Å². The number of carboxylic acids is 1. The van der Waals surface area contributed by atoms with E-state index in [-0.39, 0.29) is 43.6 Å². The van der Waals surface area contributed by atoms with Crippen LogP contribution in [0.1, 0.15) is 29.6 Å². The van der Waals surface area contributed by atoms with Crippen molar-refractivity contribution in [2.24, 2.45) is 0 Å². The second kappa shape index (κ2) is 9.63. The van der Waals surface area contributed by atoms with Crippen molar-refractivity contribution in [1.29, 1.82) is 0 Å². The maximum Gasteiger partial charge on any atom is 0.303 e. The second-order valence-corrected chi connectivity index (χ2v) is 8.85. The van der Waals surface area contributed by atoms with E-state index in [0.717, 1.165) is 17.0 Å². The minimum Gasteiger partial charge on any atom is -0.481 e. The highest BCUT2D eigenvalue weighted by Gasteiger charge is 2.49. The molecule has 1 atom stereocenters. The van der Waals surface area contributed by atoms with Gasteiger partial charge in [0.05, 0.1) is 36.1 Å². The van der Waals surface area contributed by atoms with E-state index in [2.05, 4.69) is 5.32 Å². The van der Waals surface area contributed by atoms with Gasteiger partial charge in [-0.15, -0.1) is 0 Å². The van der Waals surface area contributed by atoms with Crippen molar-refractivity contribution in [3.8, 4) is 0 Å². The Kier molecular flexibility index (Phi) is 7.30. The van der Waals surface area contributed by atoms with Gasteiger partial charge in [-0.1, -0.05) is 0 Å². The first-order valence-corrected chi connectivity index (χ1v) is 10.7. The molecule has 0 radical (unpaired) electrons. The number of β-amino-alcohol motifs (C(OH)–C–C–N with tert-alkyl or cyclic N) is 1. The van der Waals surface area contributed by atoms with E-state index < -0.39 is 46.7 Å². The number of nitrogens with one attached hydrogen (secondary N) is 1. The summed E-state index contributed by atoms with van der Waals surface area (Å²) in [6.45, 7) is -0.563. The van der Waals surface area contributed by atoms with Crippen LogP contribution in [0.2, 0.25) is 0 Å². The highest BCUT2D eigenvalue weighted by atomic mass is 127. The Balaban J connectivity index is 1.76. The lowest BCUT2D eigenvalue weighted by Crippen LogP contribution is -2.68. The summed E-state index contributed by atoms with van der Waals surface area (Å²) in [7, 11) is 0. The number of rotatable bonds is 8. The van der Waals surface area contributed by atoms with Crippen molar-refractivity contribution in [3.05, 3.63) is 56.9 Å². The first-order valence-electron chi connectivity index (χ1n) is 9.63. The first-order chi connectivity index (χ1) is 15.0. The number of amides is 1. The highest BCUT2D eigenvalue weighted by Crippen LogP contribution is 2.33. The van der Waals surface area contributed by atoms with Gasteiger partial charge in [0.25, 0.3) is 5.91 Å². The maximum atomic E-state index is 14.5. The van der Waals surface area contributed by atoms with Crippen LogP contribution in [0.25, 0.3) is 0 Å². The second-order valence-electron chi connectivity index (χ2n) is 7.60. The number of anilines is 2. The molecule has 1 unspecified atom stereocenters. The zero-order valence-corrected chi connectivity index (χ0v) is 18.8. The molecule has 1 amide bonds. The van der Waals surface area contributed by atoms with Crippen LogP contribution in [0.4, 0.5) is 24.5 Å². The van der Waals surface area contributed by atoms with Crippen molar-refractivity contribution in [3.63, 3.8) is 0 Å². The smallest absolute Gasteiger partial charge is 0.303 e. The van der Waals surface area contributed by atoms with Gasteiger partial charge in [-0.25, -0.2) is 13.2 Å². The molecule has 1 aliphatic heterocycles. The normalized spacial score (nSPS) is 15.8. The summed E-state index contributed by atoms with van der Waals surface area (Å²) in [5.41, 5.74) is -2.61. The fourth-order valence-corrected chi connectivity index (χ4v) is 3.88. The first kappa shape index (κ1) is 24.3. The summed E-state index contributed by atoms with van der Waals surface area (Å²) in [6, 6.07) is 5.87. The quantitative estimate of drug-likeness (QED) is 0.367. The van der Waals surface area contributed by atoms with Gasteiger partial charge in [0.1, 0.15) is 11.4 Å². The molecule has 2 aromatic rings. The van der Waals surface area contributed by atoms with E-state index in [1.165, 1.54) is 12.1 Å². The van der Waals surface area contributed by atoms with Crippen molar-refractivity contribution in [1.82, 2.24) is 4.90 Å². The monoisotopic (exact) mass is 564 g/mol. The van der Waals surface area contributed by atoms with Gasteiger partial charge < -0.3 is 25.5 Å². The fraction of sp³-hybridized carbons (Fsp3) is 0.333. The van der Waals surface area contributed by atoms with Crippen molar-refractivity contribution in [2.75, 3.05) is 18.4 Å². The number of likely N-dealkylation sites (tertiary alicyclic amines) is 1. The molecule has 32 heavy (non-hydrogen) atoms. The summed E-state index contributed by atoms with van der Waals surface area (Å²) in [6.07, 6.45) is -1.26. The Hall–Kier alpha value is -2.38. The number of halogens is 4. The molecule has 2 aromatic carbocycles. The molecule has 0 spiro atoms. The summed E-state index contributed by atoms with van der Waals surface area (Å²) in [4.78, 5) is 24.6. The minimum atomic E-state index is -1.64. The van der Waals surface area contributed by atoms with E-state index in [0.29, 0.717) is 3.57 Å². The molecule has 1 aliphatic rings. The van der Waals surface area contributed by atoms with Gasteiger partial charge in [-0.2, -0.15) is 0 Å². The molecular formula is C21H20F3IN2O5. The van der Waals surface area contributed by atoms with Crippen LogP contribution in [0.5, 0.6) is 0 Å². The Morgan fingerprint density at radius 3 is 2.47 bits per heavy atom. The molecule has 172 valence electrons. The van der Waals surface area contributed by atoms with Gasteiger partial charge in [-0.3, -0.25) is 9.59 Å². The number of carboxylic acid groups (broad SMARTS) is 1. The Morgan fingerprint density at radius 2 is 1.84 bits per heavy atom. The van der Waals surface area contributed by atoms with Crippen LogP contribution < -0.4 is 5.32 Å². The van der Waals surface area contributed by atoms with Gasteiger partial charge in [0.2, 0.25) is 0 Å². The molecule has 4 N–H and O–H groups in total. The summed E-state index contributed by atoms with van der Waals surface area (Å²) in [5.74, 6) is -5.10.